The lowest BCUT2D eigenvalue weighted by Crippen LogP contribution is -2.30. The standard InChI is InChI=1S/C20H19FN2O3/c1-12-7-14-9-15(20(25)23-17(14)8-13(12)2)10-22-19(24)11-26-18-6-4-3-5-16(18)21/h3-9H,10-11H2,1-2H3,(H,22,24)(H,23,25). The number of aromatic amines is 1. The van der Waals surface area contributed by atoms with Crippen LogP contribution in [0.4, 0.5) is 4.39 Å². The molecule has 1 aromatic heterocycles. The van der Waals surface area contributed by atoms with Crippen LogP contribution in [-0.2, 0) is 11.3 Å². The van der Waals surface area contributed by atoms with Gasteiger partial charge in [0.05, 0.1) is 0 Å². The highest BCUT2D eigenvalue weighted by molar-refractivity contribution is 5.81. The van der Waals surface area contributed by atoms with Gasteiger partial charge in [0.25, 0.3) is 11.5 Å². The van der Waals surface area contributed by atoms with Gasteiger partial charge in [-0.15, -0.1) is 0 Å². The van der Waals surface area contributed by atoms with E-state index in [1.54, 1.807) is 12.1 Å². The number of aromatic nitrogens is 1. The summed E-state index contributed by atoms with van der Waals surface area (Å²) in [5.74, 6) is -0.957. The van der Waals surface area contributed by atoms with Crippen LogP contribution < -0.4 is 15.6 Å². The third kappa shape index (κ3) is 3.91. The molecule has 2 aromatic carbocycles. The summed E-state index contributed by atoms with van der Waals surface area (Å²) in [4.78, 5) is 26.9. The lowest BCUT2D eigenvalue weighted by atomic mass is 10.1. The minimum absolute atomic E-state index is 0.0112. The van der Waals surface area contributed by atoms with Crippen LogP contribution in [0, 0.1) is 19.7 Å². The number of hydrogen-bond acceptors (Lipinski definition) is 3. The van der Waals surface area contributed by atoms with Crippen LogP contribution in [-0.4, -0.2) is 17.5 Å². The first-order valence-electron chi connectivity index (χ1n) is 8.21. The van der Waals surface area contributed by atoms with Crippen molar-refractivity contribution < 1.29 is 13.9 Å². The highest BCUT2D eigenvalue weighted by Crippen LogP contribution is 2.17. The predicted octanol–water partition coefficient (Wildman–Crippen LogP) is 2.98. The maximum atomic E-state index is 13.5. The molecule has 0 saturated heterocycles. The van der Waals surface area contributed by atoms with Gasteiger partial charge in [-0.2, -0.15) is 0 Å². The van der Waals surface area contributed by atoms with Gasteiger partial charge < -0.3 is 15.0 Å². The van der Waals surface area contributed by atoms with Gasteiger partial charge in [-0.05, 0) is 60.7 Å². The summed E-state index contributed by atoms with van der Waals surface area (Å²) >= 11 is 0. The fourth-order valence-electron chi connectivity index (χ4n) is 2.60. The number of aryl methyl sites for hydroxylation is 2. The molecule has 3 aromatic rings. The van der Waals surface area contributed by atoms with Gasteiger partial charge in [0.1, 0.15) is 0 Å². The number of halogens is 1. The number of carbonyl (C=O) groups is 1. The first kappa shape index (κ1) is 17.7. The maximum Gasteiger partial charge on any atom is 0.258 e. The number of nitrogens with one attached hydrogen (secondary N) is 2. The monoisotopic (exact) mass is 354 g/mol. The number of hydrogen-bond donors (Lipinski definition) is 2. The molecule has 0 bridgehead atoms. The molecule has 2 N–H and O–H groups in total. The number of H-pyrrole nitrogens is 1. The number of amides is 1. The molecule has 1 heterocycles. The molecule has 1 amide bonds. The third-order valence-corrected chi connectivity index (χ3v) is 4.21. The van der Waals surface area contributed by atoms with Crippen LogP contribution in [0.5, 0.6) is 5.75 Å². The van der Waals surface area contributed by atoms with E-state index >= 15 is 0 Å². The van der Waals surface area contributed by atoms with Crippen molar-refractivity contribution in [2.24, 2.45) is 0 Å². The fourth-order valence-corrected chi connectivity index (χ4v) is 2.60. The Labute approximate surface area is 149 Å². The van der Waals surface area contributed by atoms with Gasteiger partial charge in [0, 0.05) is 17.6 Å². The molecule has 6 heteroatoms. The van der Waals surface area contributed by atoms with Gasteiger partial charge in [0.15, 0.2) is 18.2 Å². The molecule has 26 heavy (non-hydrogen) atoms. The summed E-state index contributed by atoms with van der Waals surface area (Å²) in [6.45, 7) is 3.72. The summed E-state index contributed by atoms with van der Waals surface area (Å²) in [7, 11) is 0. The van der Waals surface area contributed by atoms with Crippen LogP contribution in [0.25, 0.3) is 10.9 Å². The second-order valence-corrected chi connectivity index (χ2v) is 6.14. The lowest BCUT2D eigenvalue weighted by Gasteiger charge is -2.09. The second-order valence-electron chi connectivity index (χ2n) is 6.14. The number of pyridine rings is 1. The number of fused-ring (bicyclic) bond motifs is 1. The second kappa shape index (κ2) is 7.39. The zero-order chi connectivity index (χ0) is 18.7. The quantitative estimate of drug-likeness (QED) is 0.740. The molecule has 0 atom stereocenters. The highest BCUT2D eigenvalue weighted by atomic mass is 19.1. The predicted molar refractivity (Wildman–Crippen MR) is 97.8 cm³/mol. The van der Waals surface area contributed by atoms with Crippen molar-refractivity contribution >= 4 is 16.8 Å². The summed E-state index contributed by atoms with van der Waals surface area (Å²) in [5, 5.41) is 3.52. The van der Waals surface area contributed by atoms with Gasteiger partial charge in [0.2, 0.25) is 0 Å². The first-order valence-corrected chi connectivity index (χ1v) is 8.21. The largest absolute Gasteiger partial charge is 0.481 e. The fraction of sp³-hybridized carbons (Fsp3) is 0.200. The van der Waals surface area contributed by atoms with Crippen molar-refractivity contribution in [2.75, 3.05) is 6.61 Å². The molecule has 0 aliphatic rings. The van der Waals surface area contributed by atoms with Crippen molar-refractivity contribution in [1.82, 2.24) is 10.3 Å². The van der Waals surface area contributed by atoms with Gasteiger partial charge >= 0.3 is 0 Å². The molecule has 0 unspecified atom stereocenters. The molecular formula is C20H19FN2O3. The molecule has 0 fully saturated rings. The maximum absolute atomic E-state index is 13.5. The van der Waals surface area contributed by atoms with Crippen molar-refractivity contribution in [3.8, 4) is 5.75 Å². The topological polar surface area (TPSA) is 71.2 Å². The van der Waals surface area contributed by atoms with E-state index in [0.29, 0.717) is 5.56 Å². The van der Waals surface area contributed by atoms with Crippen LogP contribution in [0.1, 0.15) is 16.7 Å². The molecule has 0 aliphatic heterocycles. The SMILES string of the molecule is Cc1cc2cc(CNC(=O)COc3ccccc3F)c(=O)[nH]c2cc1C. The number of rotatable bonds is 5. The number of ether oxygens (including phenoxy) is 1. The Morgan fingerprint density at radius 2 is 1.88 bits per heavy atom. The van der Waals surface area contributed by atoms with E-state index in [1.807, 2.05) is 26.0 Å². The number of para-hydroxylation sites is 1. The molecule has 5 nitrogen and oxygen atoms in total. The van der Waals surface area contributed by atoms with Gasteiger partial charge in [-0.25, -0.2) is 4.39 Å². The Balaban J connectivity index is 1.66. The summed E-state index contributed by atoms with van der Waals surface area (Å²) in [5.41, 5.74) is 3.17. The first-order chi connectivity index (χ1) is 12.4. The summed E-state index contributed by atoms with van der Waals surface area (Å²) in [6.07, 6.45) is 0. The Morgan fingerprint density at radius 3 is 2.65 bits per heavy atom. The van der Waals surface area contributed by atoms with Crippen molar-refractivity contribution in [2.45, 2.75) is 20.4 Å². The Kier molecular flexibility index (Phi) is 5.02. The third-order valence-electron chi connectivity index (χ3n) is 4.21. The van der Waals surface area contributed by atoms with Crippen molar-refractivity contribution in [3.63, 3.8) is 0 Å². The minimum atomic E-state index is -0.531. The Hall–Kier alpha value is -3.15. The van der Waals surface area contributed by atoms with E-state index in [4.69, 9.17) is 4.74 Å². The normalized spacial score (nSPS) is 10.7. The van der Waals surface area contributed by atoms with Crippen LogP contribution >= 0.6 is 0 Å². The van der Waals surface area contributed by atoms with Crippen molar-refractivity contribution in [3.05, 3.63) is 75.3 Å². The summed E-state index contributed by atoms with van der Waals surface area (Å²) < 4.78 is 18.6. The molecule has 0 spiro atoms. The number of benzene rings is 2. The van der Waals surface area contributed by atoms with E-state index in [-0.39, 0.29) is 24.5 Å². The van der Waals surface area contributed by atoms with E-state index in [0.717, 1.165) is 22.0 Å². The van der Waals surface area contributed by atoms with Crippen LogP contribution in [0.2, 0.25) is 0 Å². The van der Waals surface area contributed by atoms with Crippen LogP contribution in [0.3, 0.4) is 0 Å². The van der Waals surface area contributed by atoms with E-state index in [2.05, 4.69) is 10.3 Å². The Bertz CT molecular complexity index is 1030. The molecule has 0 radical (unpaired) electrons. The lowest BCUT2D eigenvalue weighted by molar-refractivity contribution is -0.123. The van der Waals surface area contributed by atoms with E-state index in [1.165, 1.54) is 18.2 Å². The average Bonchev–Trinajstić information content (AvgIpc) is 2.61. The van der Waals surface area contributed by atoms with Crippen molar-refractivity contribution in [1.29, 1.82) is 0 Å². The molecule has 0 saturated carbocycles. The average molecular weight is 354 g/mol. The zero-order valence-electron chi connectivity index (χ0n) is 14.6. The smallest absolute Gasteiger partial charge is 0.258 e. The van der Waals surface area contributed by atoms with E-state index < -0.39 is 11.7 Å². The summed E-state index contributed by atoms with van der Waals surface area (Å²) in [6, 6.07) is 11.5. The van der Waals surface area contributed by atoms with Gasteiger partial charge in [-0.1, -0.05) is 12.1 Å². The van der Waals surface area contributed by atoms with Crippen LogP contribution in [0.15, 0.2) is 47.3 Å². The zero-order valence-corrected chi connectivity index (χ0v) is 14.6. The van der Waals surface area contributed by atoms with E-state index in [9.17, 15) is 14.0 Å². The number of carbonyl (C=O) groups excluding carboxylic acids is 1. The Morgan fingerprint density at radius 1 is 1.15 bits per heavy atom. The highest BCUT2D eigenvalue weighted by Gasteiger charge is 2.09. The minimum Gasteiger partial charge on any atom is -0.481 e. The van der Waals surface area contributed by atoms with Gasteiger partial charge in [-0.3, -0.25) is 9.59 Å². The molecule has 3 rings (SSSR count). The molecule has 134 valence electrons. The molecular weight excluding hydrogens is 335 g/mol. The molecule has 0 aliphatic carbocycles.